The Hall–Kier alpha value is -1.22. The summed E-state index contributed by atoms with van der Waals surface area (Å²) in [6.07, 6.45) is 3.76. The van der Waals surface area contributed by atoms with Crippen LogP contribution in [0.1, 0.15) is 52.0 Å². The molecule has 0 saturated heterocycles. The molecule has 1 aromatic rings. The highest BCUT2D eigenvalue weighted by molar-refractivity contribution is 5.89. The van der Waals surface area contributed by atoms with E-state index >= 15 is 0 Å². The lowest BCUT2D eigenvalue weighted by Gasteiger charge is -2.42. The minimum absolute atomic E-state index is 0.0884. The van der Waals surface area contributed by atoms with Gasteiger partial charge in [0, 0.05) is 13.0 Å². The Balaban J connectivity index is 2.13. The first kappa shape index (κ1) is 16.2. The lowest BCUT2D eigenvalue weighted by Crippen LogP contribution is -2.47. The molecule has 0 atom stereocenters. The van der Waals surface area contributed by atoms with E-state index in [1.54, 1.807) is 12.1 Å². The topological polar surface area (TPSA) is 26.3 Å². The lowest BCUT2D eigenvalue weighted by atomic mass is 9.69. The molecule has 1 aromatic carbocycles. The molecule has 0 N–H and O–H groups in total. The molecule has 0 amide bonds. The number of rotatable bonds is 5. The molecule has 0 bridgehead atoms. The monoisotopic (exact) mass is 292 g/mol. The van der Waals surface area contributed by atoms with Crippen molar-refractivity contribution in [3.8, 4) is 0 Å². The second-order valence-corrected chi connectivity index (χ2v) is 6.82. The maximum atomic E-state index is 13.3. The van der Waals surface area contributed by atoms with E-state index in [1.165, 1.54) is 12.1 Å². The van der Waals surface area contributed by atoms with Crippen molar-refractivity contribution < 1.29 is 13.9 Å². The number of carbonyl (C=O) groups is 1. The fourth-order valence-corrected chi connectivity index (χ4v) is 3.10. The molecule has 1 aliphatic rings. The van der Waals surface area contributed by atoms with Gasteiger partial charge in [0.15, 0.2) is 5.78 Å². The summed E-state index contributed by atoms with van der Waals surface area (Å²) in [7, 11) is 0. The van der Waals surface area contributed by atoms with Crippen LogP contribution in [-0.2, 0) is 16.0 Å². The second-order valence-electron chi connectivity index (χ2n) is 6.82. The van der Waals surface area contributed by atoms with E-state index in [0.717, 1.165) is 31.2 Å². The normalized spacial score (nSPS) is 20.2. The van der Waals surface area contributed by atoms with E-state index in [9.17, 15) is 9.18 Å². The minimum Gasteiger partial charge on any atom is -0.367 e. The minimum atomic E-state index is -0.670. The summed E-state index contributed by atoms with van der Waals surface area (Å²) in [6, 6.07) is 6.28. The van der Waals surface area contributed by atoms with Crippen LogP contribution in [0.3, 0.4) is 0 Å². The first-order valence-electron chi connectivity index (χ1n) is 7.79. The van der Waals surface area contributed by atoms with E-state index in [0.29, 0.717) is 6.61 Å². The summed E-state index contributed by atoms with van der Waals surface area (Å²) in [6.45, 7) is 6.94. The molecule has 2 nitrogen and oxygen atoms in total. The highest BCUT2D eigenvalue weighted by Crippen LogP contribution is 2.42. The summed E-state index contributed by atoms with van der Waals surface area (Å²) in [5.41, 5.74) is 0.333. The zero-order chi connectivity index (χ0) is 15.5. The van der Waals surface area contributed by atoms with Gasteiger partial charge in [0.05, 0.1) is 0 Å². The van der Waals surface area contributed by atoms with Crippen LogP contribution < -0.4 is 0 Å². The van der Waals surface area contributed by atoms with E-state index in [2.05, 4.69) is 13.8 Å². The zero-order valence-corrected chi connectivity index (χ0v) is 13.2. The molecule has 0 aliphatic heterocycles. The van der Waals surface area contributed by atoms with E-state index in [-0.39, 0.29) is 23.4 Å². The third kappa shape index (κ3) is 3.91. The van der Waals surface area contributed by atoms with Gasteiger partial charge in [-0.2, -0.15) is 0 Å². The molecule has 116 valence electrons. The predicted molar refractivity (Wildman–Crippen MR) is 81.7 cm³/mol. The number of Topliss-reactive ketones (excluding diaryl/α,β-unsaturated/α-hetero) is 1. The van der Waals surface area contributed by atoms with E-state index in [1.807, 2.05) is 6.92 Å². The SMILES string of the molecule is CCOC1(C(=O)Cc2cccc(F)c2)CCC(C)(C)CC1. The van der Waals surface area contributed by atoms with Gasteiger partial charge < -0.3 is 4.74 Å². The Labute approximate surface area is 126 Å². The van der Waals surface area contributed by atoms with Crippen LogP contribution in [0.2, 0.25) is 0 Å². The third-order valence-corrected chi connectivity index (χ3v) is 4.59. The van der Waals surface area contributed by atoms with Gasteiger partial charge in [-0.25, -0.2) is 4.39 Å². The van der Waals surface area contributed by atoms with Crippen molar-refractivity contribution in [2.75, 3.05) is 6.61 Å². The van der Waals surface area contributed by atoms with Gasteiger partial charge in [-0.1, -0.05) is 26.0 Å². The van der Waals surface area contributed by atoms with E-state index < -0.39 is 5.60 Å². The summed E-state index contributed by atoms with van der Waals surface area (Å²) >= 11 is 0. The van der Waals surface area contributed by atoms with Gasteiger partial charge in [0.2, 0.25) is 0 Å². The van der Waals surface area contributed by atoms with Gasteiger partial charge in [0.25, 0.3) is 0 Å². The van der Waals surface area contributed by atoms with Crippen molar-refractivity contribution in [3.63, 3.8) is 0 Å². The molecule has 2 rings (SSSR count). The van der Waals surface area contributed by atoms with Gasteiger partial charge in [0.1, 0.15) is 11.4 Å². The van der Waals surface area contributed by atoms with Gasteiger partial charge >= 0.3 is 0 Å². The Bertz CT molecular complexity index is 498. The van der Waals surface area contributed by atoms with Crippen molar-refractivity contribution in [2.24, 2.45) is 5.41 Å². The molecule has 1 aliphatic carbocycles. The fourth-order valence-electron chi connectivity index (χ4n) is 3.10. The molecule has 3 heteroatoms. The molecular weight excluding hydrogens is 267 g/mol. The van der Waals surface area contributed by atoms with Crippen LogP contribution >= 0.6 is 0 Å². The number of carbonyl (C=O) groups excluding carboxylic acids is 1. The van der Waals surface area contributed by atoms with Crippen molar-refractivity contribution in [1.29, 1.82) is 0 Å². The van der Waals surface area contributed by atoms with Crippen molar-refractivity contribution >= 4 is 5.78 Å². The van der Waals surface area contributed by atoms with Crippen molar-refractivity contribution in [3.05, 3.63) is 35.6 Å². The quantitative estimate of drug-likeness (QED) is 0.808. The van der Waals surface area contributed by atoms with Gasteiger partial charge in [-0.05, 0) is 55.7 Å². The Morgan fingerprint density at radius 1 is 1.24 bits per heavy atom. The maximum absolute atomic E-state index is 13.3. The molecule has 0 radical (unpaired) electrons. The summed E-state index contributed by atoms with van der Waals surface area (Å²) in [5, 5.41) is 0. The Kier molecular flexibility index (Phi) is 4.82. The first-order chi connectivity index (χ1) is 9.87. The number of hydrogen-bond acceptors (Lipinski definition) is 2. The highest BCUT2D eigenvalue weighted by Gasteiger charge is 2.44. The second kappa shape index (κ2) is 6.27. The van der Waals surface area contributed by atoms with E-state index in [4.69, 9.17) is 4.74 Å². The fraction of sp³-hybridized carbons (Fsp3) is 0.611. The molecule has 21 heavy (non-hydrogen) atoms. The average molecular weight is 292 g/mol. The lowest BCUT2D eigenvalue weighted by molar-refractivity contribution is -0.151. The molecular formula is C18H25FO2. The van der Waals surface area contributed by atoms with Crippen LogP contribution in [-0.4, -0.2) is 18.0 Å². The first-order valence-corrected chi connectivity index (χ1v) is 7.79. The summed E-state index contributed by atoms with van der Waals surface area (Å²) in [4.78, 5) is 12.8. The number of ether oxygens (including phenoxy) is 1. The number of hydrogen-bond donors (Lipinski definition) is 0. The molecule has 0 heterocycles. The summed E-state index contributed by atoms with van der Waals surface area (Å²) in [5.74, 6) is -0.207. The van der Waals surface area contributed by atoms with Gasteiger partial charge in [-0.3, -0.25) is 4.79 Å². The third-order valence-electron chi connectivity index (χ3n) is 4.59. The van der Waals surface area contributed by atoms with Crippen LogP contribution in [0.5, 0.6) is 0 Å². The van der Waals surface area contributed by atoms with Crippen LogP contribution in [0, 0.1) is 11.2 Å². The van der Waals surface area contributed by atoms with Crippen molar-refractivity contribution in [2.45, 2.75) is 58.5 Å². The Morgan fingerprint density at radius 2 is 1.90 bits per heavy atom. The highest BCUT2D eigenvalue weighted by atomic mass is 19.1. The number of halogens is 1. The average Bonchev–Trinajstić information content (AvgIpc) is 2.41. The molecule has 1 saturated carbocycles. The summed E-state index contributed by atoms with van der Waals surface area (Å²) < 4.78 is 19.1. The number of ketones is 1. The van der Waals surface area contributed by atoms with Crippen LogP contribution in [0.25, 0.3) is 0 Å². The standard InChI is InChI=1S/C18H25FO2/c1-4-21-18(10-8-17(2,3)9-11-18)16(20)13-14-6-5-7-15(19)12-14/h5-7,12H,4,8-11,13H2,1-3H3. The Morgan fingerprint density at radius 3 is 2.48 bits per heavy atom. The number of benzene rings is 1. The van der Waals surface area contributed by atoms with Gasteiger partial charge in [-0.15, -0.1) is 0 Å². The maximum Gasteiger partial charge on any atom is 0.168 e. The molecule has 0 unspecified atom stereocenters. The molecule has 1 fully saturated rings. The van der Waals surface area contributed by atoms with Crippen LogP contribution in [0.4, 0.5) is 4.39 Å². The van der Waals surface area contributed by atoms with Crippen LogP contribution in [0.15, 0.2) is 24.3 Å². The predicted octanol–water partition coefficient (Wildman–Crippen LogP) is 4.31. The van der Waals surface area contributed by atoms with Crippen molar-refractivity contribution in [1.82, 2.24) is 0 Å². The smallest absolute Gasteiger partial charge is 0.168 e. The molecule has 0 spiro atoms. The zero-order valence-electron chi connectivity index (χ0n) is 13.2. The largest absolute Gasteiger partial charge is 0.367 e. The molecule has 0 aromatic heterocycles.